The molecule has 2 N–H and O–H groups in total. The summed E-state index contributed by atoms with van der Waals surface area (Å²) in [5, 5.41) is 6.70. The lowest BCUT2D eigenvalue weighted by atomic mass is 9.67. The molecule has 1 aliphatic rings. The smallest absolute Gasteiger partial charge is 0.191 e. The Hall–Kier alpha value is 0.310. The molecule has 0 aromatic carbocycles. The van der Waals surface area contributed by atoms with Crippen LogP contribution in [0.1, 0.15) is 32.6 Å². The molecule has 1 rings (SSSR count). The van der Waals surface area contributed by atoms with Crippen molar-refractivity contribution in [2.45, 2.75) is 32.6 Å². The van der Waals surface area contributed by atoms with Crippen molar-refractivity contribution in [1.29, 1.82) is 0 Å². The second kappa shape index (κ2) is 11.9. The van der Waals surface area contributed by atoms with Crippen LogP contribution in [0.25, 0.3) is 0 Å². The van der Waals surface area contributed by atoms with E-state index >= 15 is 0 Å². The van der Waals surface area contributed by atoms with Crippen LogP contribution in [0.3, 0.4) is 0 Å². The normalized spacial score (nSPS) is 17.1. The fraction of sp³-hybridized carbons (Fsp3) is 0.929. The third-order valence-corrected chi connectivity index (χ3v) is 4.38. The molecule has 0 saturated heterocycles. The zero-order valence-electron chi connectivity index (χ0n) is 13.0. The summed E-state index contributed by atoms with van der Waals surface area (Å²) in [6, 6.07) is 0. The highest BCUT2D eigenvalue weighted by Gasteiger charge is 2.36. The van der Waals surface area contributed by atoms with Crippen molar-refractivity contribution in [2.24, 2.45) is 10.4 Å². The standard InChI is InChI=1S/C14H29N3OS.HI/c1-4-15-13(16-9-11-19-3)17-12-14(6-5-7-14)8-10-18-2;/h4-12H2,1-3H3,(H2,15,16,17);1H. The summed E-state index contributed by atoms with van der Waals surface area (Å²) in [6.07, 6.45) is 7.20. The van der Waals surface area contributed by atoms with Gasteiger partial charge in [-0.2, -0.15) is 11.8 Å². The van der Waals surface area contributed by atoms with Crippen LogP contribution in [0.4, 0.5) is 0 Å². The molecule has 1 saturated carbocycles. The zero-order valence-corrected chi connectivity index (χ0v) is 16.2. The molecule has 4 nitrogen and oxygen atoms in total. The molecule has 0 bridgehead atoms. The predicted octanol–water partition coefficient (Wildman–Crippen LogP) is 2.73. The summed E-state index contributed by atoms with van der Waals surface area (Å²) in [5.41, 5.74) is 0.401. The number of hydrogen-bond donors (Lipinski definition) is 2. The van der Waals surface area contributed by atoms with E-state index in [0.717, 1.165) is 44.4 Å². The van der Waals surface area contributed by atoms with Gasteiger partial charge in [-0.15, -0.1) is 24.0 Å². The van der Waals surface area contributed by atoms with E-state index in [0.29, 0.717) is 5.41 Å². The Balaban J connectivity index is 0.00000361. The van der Waals surface area contributed by atoms with Crippen LogP contribution in [0.5, 0.6) is 0 Å². The van der Waals surface area contributed by atoms with Gasteiger partial charge < -0.3 is 15.4 Å². The molecule has 0 amide bonds. The molecule has 0 aromatic rings. The summed E-state index contributed by atoms with van der Waals surface area (Å²) < 4.78 is 5.22. The first kappa shape index (κ1) is 20.3. The van der Waals surface area contributed by atoms with Gasteiger partial charge >= 0.3 is 0 Å². The van der Waals surface area contributed by atoms with E-state index in [2.05, 4.69) is 23.8 Å². The lowest BCUT2D eigenvalue weighted by Gasteiger charge is -2.40. The largest absolute Gasteiger partial charge is 0.385 e. The molecule has 20 heavy (non-hydrogen) atoms. The van der Waals surface area contributed by atoms with E-state index in [1.165, 1.54) is 19.3 Å². The predicted molar refractivity (Wildman–Crippen MR) is 101 cm³/mol. The van der Waals surface area contributed by atoms with Crippen molar-refractivity contribution in [3.63, 3.8) is 0 Å². The monoisotopic (exact) mass is 415 g/mol. The number of rotatable bonds is 9. The second-order valence-electron chi connectivity index (χ2n) is 5.21. The van der Waals surface area contributed by atoms with Gasteiger partial charge in [-0.05, 0) is 37.9 Å². The Kier molecular flexibility index (Phi) is 12.1. The van der Waals surface area contributed by atoms with Gasteiger partial charge in [-0.1, -0.05) is 6.42 Å². The fourth-order valence-corrected chi connectivity index (χ4v) is 2.65. The molecule has 1 aliphatic carbocycles. The number of nitrogens with one attached hydrogen (secondary N) is 2. The maximum atomic E-state index is 5.22. The fourth-order valence-electron chi connectivity index (χ4n) is 2.34. The molecule has 0 spiro atoms. The molecule has 0 aliphatic heterocycles. The van der Waals surface area contributed by atoms with E-state index in [1.807, 2.05) is 11.8 Å². The number of methoxy groups -OCH3 is 1. The third-order valence-electron chi connectivity index (χ3n) is 3.77. The number of aliphatic imine (C=N–C) groups is 1. The Labute approximate surface area is 145 Å². The molecule has 0 aromatic heterocycles. The maximum Gasteiger partial charge on any atom is 0.191 e. The lowest BCUT2D eigenvalue weighted by molar-refractivity contribution is 0.0778. The van der Waals surface area contributed by atoms with Crippen molar-refractivity contribution in [3.05, 3.63) is 0 Å². The highest BCUT2D eigenvalue weighted by molar-refractivity contribution is 14.0. The van der Waals surface area contributed by atoms with E-state index in [4.69, 9.17) is 9.73 Å². The lowest BCUT2D eigenvalue weighted by Crippen LogP contribution is -2.41. The Morgan fingerprint density at radius 1 is 1.35 bits per heavy atom. The maximum absolute atomic E-state index is 5.22. The van der Waals surface area contributed by atoms with Crippen LogP contribution < -0.4 is 10.6 Å². The number of guanidine groups is 1. The molecule has 0 radical (unpaired) electrons. The number of ether oxygens (including phenoxy) is 1. The van der Waals surface area contributed by atoms with E-state index in [1.54, 1.807) is 7.11 Å². The SMILES string of the molecule is CCNC(=NCC1(CCOC)CCC1)NCCSC.I. The van der Waals surface area contributed by atoms with Crippen molar-refractivity contribution in [2.75, 3.05) is 45.4 Å². The summed E-state index contributed by atoms with van der Waals surface area (Å²) in [4.78, 5) is 4.76. The summed E-state index contributed by atoms with van der Waals surface area (Å²) >= 11 is 1.85. The van der Waals surface area contributed by atoms with Crippen molar-refractivity contribution >= 4 is 41.7 Å². The van der Waals surface area contributed by atoms with Crippen LogP contribution in [0, 0.1) is 5.41 Å². The van der Waals surface area contributed by atoms with Crippen LogP contribution in [-0.4, -0.2) is 51.3 Å². The molecule has 6 heteroatoms. The molecule has 120 valence electrons. The topological polar surface area (TPSA) is 45.7 Å². The first-order valence-corrected chi connectivity index (χ1v) is 8.66. The minimum Gasteiger partial charge on any atom is -0.385 e. The van der Waals surface area contributed by atoms with E-state index in [-0.39, 0.29) is 24.0 Å². The quantitative estimate of drug-likeness (QED) is 0.263. The Morgan fingerprint density at radius 3 is 2.60 bits per heavy atom. The van der Waals surface area contributed by atoms with E-state index in [9.17, 15) is 0 Å². The number of nitrogens with zero attached hydrogens (tertiary/aromatic N) is 1. The molecule has 0 heterocycles. The molecular weight excluding hydrogens is 385 g/mol. The van der Waals surface area contributed by atoms with Gasteiger partial charge in [0.15, 0.2) is 5.96 Å². The number of thioether (sulfide) groups is 1. The molecule has 0 atom stereocenters. The van der Waals surface area contributed by atoms with Crippen LogP contribution in [0.2, 0.25) is 0 Å². The highest BCUT2D eigenvalue weighted by atomic mass is 127. The number of hydrogen-bond acceptors (Lipinski definition) is 3. The minimum absolute atomic E-state index is 0. The van der Waals surface area contributed by atoms with E-state index < -0.39 is 0 Å². The average molecular weight is 415 g/mol. The third kappa shape index (κ3) is 7.36. The van der Waals surface area contributed by atoms with Gasteiger partial charge in [0, 0.05) is 39.1 Å². The van der Waals surface area contributed by atoms with Gasteiger partial charge in [0.25, 0.3) is 0 Å². The van der Waals surface area contributed by atoms with Crippen molar-refractivity contribution < 1.29 is 4.74 Å². The average Bonchev–Trinajstić information content (AvgIpc) is 2.37. The molecule has 0 unspecified atom stereocenters. The van der Waals surface area contributed by atoms with Gasteiger partial charge in [0.2, 0.25) is 0 Å². The Morgan fingerprint density at radius 2 is 2.10 bits per heavy atom. The summed E-state index contributed by atoms with van der Waals surface area (Å²) in [7, 11) is 1.78. The Bertz CT molecular complexity index is 273. The van der Waals surface area contributed by atoms with Gasteiger partial charge in [0.05, 0.1) is 0 Å². The van der Waals surface area contributed by atoms with Crippen molar-refractivity contribution in [1.82, 2.24) is 10.6 Å². The number of halogens is 1. The first-order valence-electron chi connectivity index (χ1n) is 7.26. The first-order chi connectivity index (χ1) is 9.26. The van der Waals surface area contributed by atoms with Crippen molar-refractivity contribution in [3.8, 4) is 0 Å². The van der Waals surface area contributed by atoms with Crippen LogP contribution >= 0.6 is 35.7 Å². The summed E-state index contributed by atoms with van der Waals surface area (Å²) in [6.45, 7) is 5.76. The van der Waals surface area contributed by atoms with Gasteiger partial charge in [-0.25, -0.2) is 0 Å². The molecule has 1 fully saturated rings. The van der Waals surface area contributed by atoms with Crippen LogP contribution in [-0.2, 0) is 4.74 Å². The minimum atomic E-state index is 0. The van der Waals surface area contributed by atoms with Gasteiger partial charge in [-0.3, -0.25) is 4.99 Å². The summed E-state index contributed by atoms with van der Waals surface area (Å²) in [5.74, 6) is 2.07. The van der Waals surface area contributed by atoms with Gasteiger partial charge in [0.1, 0.15) is 0 Å². The highest BCUT2D eigenvalue weighted by Crippen LogP contribution is 2.44. The van der Waals surface area contributed by atoms with Crippen LogP contribution in [0.15, 0.2) is 4.99 Å². The molecular formula is C14H30IN3OS. The zero-order chi connectivity index (χ0) is 14.0. The second-order valence-corrected chi connectivity index (χ2v) is 6.20.